The van der Waals surface area contributed by atoms with Crippen molar-refractivity contribution < 1.29 is 4.79 Å². The number of hydrogen-bond acceptors (Lipinski definition) is 1. The number of rotatable bonds is 6. The van der Waals surface area contributed by atoms with E-state index < -0.39 is 16.1 Å². The van der Waals surface area contributed by atoms with Crippen LogP contribution in [0.5, 0.6) is 0 Å². The second-order valence-corrected chi connectivity index (χ2v) is 21.3. The molecule has 0 amide bonds. The molecule has 0 aliphatic heterocycles. The lowest BCUT2D eigenvalue weighted by atomic mass is 9.98. The van der Waals surface area contributed by atoms with E-state index in [1.54, 1.807) is 0 Å². The van der Waals surface area contributed by atoms with Gasteiger partial charge in [-0.05, 0) is 27.4 Å². The maximum atomic E-state index is 13.9. The van der Waals surface area contributed by atoms with Gasteiger partial charge in [0, 0.05) is 11.5 Å². The third-order valence-corrected chi connectivity index (χ3v) is 16.3. The van der Waals surface area contributed by atoms with Crippen LogP contribution in [0.2, 0.25) is 41.8 Å². The molecule has 1 aromatic carbocycles. The van der Waals surface area contributed by atoms with Crippen LogP contribution in [0.15, 0.2) is 41.6 Å². The molecular formula is C23H38OSi2. The van der Waals surface area contributed by atoms with E-state index in [0.717, 1.165) is 0 Å². The van der Waals surface area contributed by atoms with Crippen molar-refractivity contribution in [1.29, 1.82) is 0 Å². The Morgan fingerprint density at radius 3 is 1.65 bits per heavy atom. The van der Waals surface area contributed by atoms with Crippen LogP contribution in [0.4, 0.5) is 0 Å². The molecule has 1 aliphatic rings. The van der Waals surface area contributed by atoms with Crippen LogP contribution in [0.3, 0.4) is 0 Å². The van der Waals surface area contributed by atoms with Crippen LogP contribution in [-0.2, 0) is 4.79 Å². The van der Waals surface area contributed by atoms with Crippen molar-refractivity contribution in [2.45, 2.75) is 89.3 Å². The largest absolute Gasteiger partial charge is 0.295 e. The summed E-state index contributed by atoms with van der Waals surface area (Å²) in [5, 5.41) is 1.26. The monoisotopic (exact) mass is 386 g/mol. The fraction of sp³-hybridized carbons (Fsp3) is 0.609. The van der Waals surface area contributed by atoms with Gasteiger partial charge in [-0.1, -0.05) is 97.6 Å². The fourth-order valence-corrected chi connectivity index (χ4v) is 15.2. The van der Waals surface area contributed by atoms with Crippen LogP contribution in [-0.4, -0.2) is 21.9 Å². The molecule has 0 spiro atoms. The topological polar surface area (TPSA) is 17.1 Å². The number of carbonyl (C=O) groups excluding carboxylic acids is 1. The van der Waals surface area contributed by atoms with E-state index in [4.69, 9.17) is 0 Å². The third-order valence-electron chi connectivity index (χ3n) is 6.70. The van der Waals surface area contributed by atoms with Crippen molar-refractivity contribution in [3.05, 3.63) is 47.2 Å². The van der Waals surface area contributed by atoms with Gasteiger partial charge in [-0.25, -0.2) is 0 Å². The number of Topliss-reactive ketones (excluding diaryl/α,β-unsaturated/α-hetero) is 1. The Labute approximate surface area is 163 Å². The van der Waals surface area contributed by atoms with Crippen LogP contribution in [0, 0.1) is 0 Å². The van der Waals surface area contributed by atoms with Gasteiger partial charge < -0.3 is 0 Å². The summed E-state index contributed by atoms with van der Waals surface area (Å²) >= 11 is 0. The Bertz CT molecular complexity index is 643. The minimum atomic E-state index is -1.92. The van der Waals surface area contributed by atoms with Gasteiger partial charge >= 0.3 is 0 Å². The van der Waals surface area contributed by atoms with Crippen LogP contribution < -0.4 is 0 Å². The first-order valence-corrected chi connectivity index (χ1v) is 16.1. The van der Waals surface area contributed by atoms with Crippen molar-refractivity contribution in [1.82, 2.24) is 0 Å². The molecule has 0 radical (unpaired) electrons. The predicted octanol–water partition coefficient (Wildman–Crippen LogP) is 7.21. The van der Waals surface area contributed by atoms with Gasteiger partial charge in [0.2, 0.25) is 0 Å². The van der Waals surface area contributed by atoms with Gasteiger partial charge in [0.05, 0.1) is 16.1 Å². The fourth-order valence-electron chi connectivity index (χ4n) is 5.88. The van der Waals surface area contributed by atoms with Gasteiger partial charge in [-0.15, -0.1) is 0 Å². The molecule has 0 saturated carbocycles. The smallest absolute Gasteiger partial charge is 0.156 e. The van der Waals surface area contributed by atoms with Gasteiger partial charge in [0.25, 0.3) is 0 Å². The van der Waals surface area contributed by atoms with E-state index in [2.05, 4.69) is 97.6 Å². The molecule has 1 nitrogen and oxygen atoms in total. The molecule has 0 unspecified atom stereocenters. The molecule has 1 aliphatic carbocycles. The summed E-state index contributed by atoms with van der Waals surface area (Å²) in [5.74, 6) is 0.772. The van der Waals surface area contributed by atoms with Crippen LogP contribution in [0.25, 0.3) is 0 Å². The van der Waals surface area contributed by atoms with E-state index in [-0.39, 0.29) is 11.5 Å². The average Bonchev–Trinajstić information content (AvgIpc) is 2.86. The normalized spacial score (nSPS) is 21.8. The Morgan fingerprint density at radius 1 is 0.808 bits per heavy atom. The number of carbonyl (C=O) groups is 1. The molecule has 0 fully saturated rings. The molecule has 2 atom stereocenters. The summed E-state index contributed by atoms with van der Waals surface area (Å²) in [4.78, 5) is 13.9. The highest BCUT2D eigenvalue weighted by Crippen LogP contribution is 2.54. The lowest BCUT2D eigenvalue weighted by Gasteiger charge is -2.44. The van der Waals surface area contributed by atoms with E-state index in [1.807, 2.05) is 0 Å². The predicted molar refractivity (Wildman–Crippen MR) is 120 cm³/mol. The maximum Gasteiger partial charge on any atom is 0.156 e. The van der Waals surface area contributed by atoms with Gasteiger partial charge in [-0.3, -0.25) is 4.79 Å². The van der Waals surface area contributed by atoms with E-state index in [1.165, 1.54) is 10.8 Å². The minimum Gasteiger partial charge on any atom is -0.295 e. The zero-order chi connectivity index (χ0) is 19.9. The number of hydrogen-bond donors (Lipinski definition) is 0. The standard InChI is InChI=1S/C23H38OSi2/c1-16(2)26(17(3)4,18(5)6)21-15-20(19-13-11-10-12-14-19)23(22(21)24)25(7,8)9/h10-18,20,23H,1-9H3/t20-,23-/m1/s1. The first-order valence-electron chi connectivity index (χ1n) is 10.3. The quantitative estimate of drug-likeness (QED) is 0.472. The van der Waals surface area contributed by atoms with Crippen molar-refractivity contribution in [2.75, 3.05) is 0 Å². The number of ketones is 1. The molecule has 3 heteroatoms. The van der Waals surface area contributed by atoms with Crippen LogP contribution >= 0.6 is 0 Å². The summed E-state index contributed by atoms with van der Waals surface area (Å²) in [6.45, 7) is 21.3. The molecule has 0 saturated heterocycles. The number of allylic oxidation sites excluding steroid dienone is 2. The molecule has 26 heavy (non-hydrogen) atoms. The van der Waals surface area contributed by atoms with Crippen LogP contribution in [0.1, 0.15) is 53.0 Å². The minimum absolute atomic E-state index is 0.183. The molecule has 0 heterocycles. The molecule has 144 valence electrons. The Kier molecular flexibility index (Phi) is 6.24. The lowest BCUT2D eigenvalue weighted by Crippen LogP contribution is -2.49. The van der Waals surface area contributed by atoms with E-state index in [0.29, 0.717) is 22.4 Å². The first kappa shape index (κ1) is 21.4. The molecule has 0 bridgehead atoms. The second kappa shape index (κ2) is 7.59. The van der Waals surface area contributed by atoms with Gasteiger partial charge in [-0.2, -0.15) is 0 Å². The molecule has 0 N–H and O–H groups in total. The highest BCUT2D eigenvalue weighted by Gasteiger charge is 2.54. The van der Waals surface area contributed by atoms with Gasteiger partial charge in [0.15, 0.2) is 5.78 Å². The number of benzene rings is 1. The zero-order valence-corrected chi connectivity index (χ0v) is 20.3. The zero-order valence-electron chi connectivity index (χ0n) is 18.3. The van der Waals surface area contributed by atoms with E-state index >= 15 is 0 Å². The highest BCUT2D eigenvalue weighted by atomic mass is 28.3. The van der Waals surface area contributed by atoms with Crippen molar-refractivity contribution >= 4 is 21.9 Å². The summed E-state index contributed by atoms with van der Waals surface area (Å²) in [6.07, 6.45) is 2.44. The van der Waals surface area contributed by atoms with Crippen molar-refractivity contribution in [2.24, 2.45) is 0 Å². The summed E-state index contributed by atoms with van der Waals surface area (Å²) in [5.41, 5.74) is 3.24. The molecule has 0 aromatic heterocycles. The van der Waals surface area contributed by atoms with Crippen molar-refractivity contribution in [3.63, 3.8) is 0 Å². The van der Waals surface area contributed by atoms with Crippen molar-refractivity contribution in [3.8, 4) is 0 Å². The molecular weight excluding hydrogens is 348 g/mol. The summed E-state index contributed by atoms with van der Waals surface area (Å²) in [7, 11) is -3.56. The second-order valence-electron chi connectivity index (χ2n) is 10.1. The molecule has 2 rings (SSSR count). The average molecular weight is 387 g/mol. The lowest BCUT2D eigenvalue weighted by molar-refractivity contribution is -0.114. The SMILES string of the molecule is CC(C)[Si](C1=C[C@H](c2ccccc2)[C@@H]([Si](C)(C)C)C1=O)(C(C)C)C(C)C. The summed E-state index contributed by atoms with van der Waals surface area (Å²) in [6, 6.07) is 10.7. The Morgan fingerprint density at radius 2 is 1.27 bits per heavy atom. The Balaban J connectivity index is 2.70. The summed E-state index contributed by atoms with van der Waals surface area (Å²) < 4.78 is 0. The Hall–Kier alpha value is -0.936. The van der Waals surface area contributed by atoms with E-state index in [9.17, 15) is 4.79 Å². The maximum absolute atomic E-state index is 13.9. The highest BCUT2D eigenvalue weighted by molar-refractivity contribution is 6.95. The van der Waals surface area contributed by atoms with Gasteiger partial charge in [0.1, 0.15) is 0 Å². The third kappa shape index (κ3) is 3.45. The molecule has 1 aromatic rings. The first-order chi connectivity index (χ1) is 12.0.